The number of amides is 1. The molecule has 1 aliphatic heterocycles. The number of benzene rings is 2. The van der Waals surface area contributed by atoms with Crippen LogP contribution in [0.5, 0.6) is 0 Å². The van der Waals surface area contributed by atoms with Crippen LogP contribution in [0.25, 0.3) is 10.9 Å². The van der Waals surface area contributed by atoms with Crippen molar-refractivity contribution in [1.29, 1.82) is 0 Å². The molecule has 1 aromatic heterocycles. The van der Waals surface area contributed by atoms with E-state index in [1.807, 2.05) is 44.2 Å². The highest BCUT2D eigenvalue weighted by atomic mass is 16.5. The number of morpholine rings is 1. The molecule has 32 heavy (non-hydrogen) atoms. The fourth-order valence-corrected chi connectivity index (χ4v) is 3.54. The van der Waals surface area contributed by atoms with Crippen LogP contribution >= 0.6 is 0 Å². The Labute approximate surface area is 188 Å². The molecule has 2 aromatic carbocycles. The smallest absolute Gasteiger partial charge is 0.227 e. The number of aromatic nitrogens is 2. The monoisotopic (exact) mass is 429 g/mol. The zero-order valence-corrected chi connectivity index (χ0v) is 18.4. The Bertz CT molecular complexity index is 1160. The van der Waals surface area contributed by atoms with Crippen LogP contribution in [0.15, 0.2) is 42.6 Å². The summed E-state index contributed by atoms with van der Waals surface area (Å²) in [6.45, 7) is 7.78. The average Bonchev–Trinajstić information content (AvgIpc) is 2.79. The minimum absolute atomic E-state index is 0.0225. The van der Waals surface area contributed by atoms with E-state index >= 15 is 0 Å². The Hall–Kier alpha value is -3.47. The van der Waals surface area contributed by atoms with Crippen LogP contribution in [0.1, 0.15) is 25.0 Å². The molecule has 4 rings (SSSR count). The molecular weight excluding hydrogens is 402 g/mol. The molecule has 0 radical (unpaired) electrons. The van der Waals surface area contributed by atoms with Crippen molar-refractivity contribution in [3.63, 3.8) is 0 Å². The summed E-state index contributed by atoms with van der Waals surface area (Å²) >= 11 is 0. The standard InChI is InChI=1S/C25H27N5O2/c1-4-18-5-6-23-20(11-18)15-26-25(29-23)28-22-13-19(16-30-7-9-32-10-8-30)12-21(14-22)27-24(31)17(2)3/h1,5-6,11-15,17H,7-10,16H2,2-3H3,(H,27,31)(H,26,28,29). The maximum Gasteiger partial charge on any atom is 0.227 e. The Balaban J connectivity index is 1.60. The molecule has 0 unspecified atom stereocenters. The first-order chi connectivity index (χ1) is 15.5. The molecule has 164 valence electrons. The van der Waals surface area contributed by atoms with E-state index in [9.17, 15) is 4.79 Å². The Kier molecular flexibility index (Phi) is 6.64. The largest absolute Gasteiger partial charge is 0.379 e. The van der Waals surface area contributed by atoms with Gasteiger partial charge in [0, 0.05) is 54.1 Å². The lowest BCUT2D eigenvalue weighted by atomic mass is 10.1. The predicted octanol–water partition coefficient (Wildman–Crippen LogP) is 3.78. The summed E-state index contributed by atoms with van der Waals surface area (Å²) in [5.41, 5.74) is 4.25. The summed E-state index contributed by atoms with van der Waals surface area (Å²) in [7, 11) is 0. The van der Waals surface area contributed by atoms with Crippen molar-refractivity contribution in [1.82, 2.24) is 14.9 Å². The van der Waals surface area contributed by atoms with Crippen LogP contribution in [-0.2, 0) is 16.1 Å². The van der Waals surface area contributed by atoms with E-state index in [4.69, 9.17) is 11.2 Å². The number of terminal acetylenes is 1. The van der Waals surface area contributed by atoms with Crippen molar-refractivity contribution in [2.24, 2.45) is 5.92 Å². The lowest BCUT2D eigenvalue weighted by Gasteiger charge is -2.27. The van der Waals surface area contributed by atoms with E-state index in [1.165, 1.54) is 0 Å². The van der Waals surface area contributed by atoms with E-state index in [0.717, 1.165) is 66.3 Å². The summed E-state index contributed by atoms with van der Waals surface area (Å²) in [5.74, 6) is 2.98. The van der Waals surface area contributed by atoms with Crippen LogP contribution in [0.4, 0.5) is 17.3 Å². The Morgan fingerprint density at radius 3 is 2.72 bits per heavy atom. The van der Waals surface area contributed by atoms with Gasteiger partial charge < -0.3 is 15.4 Å². The van der Waals surface area contributed by atoms with E-state index in [-0.39, 0.29) is 11.8 Å². The van der Waals surface area contributed by atoms with Gasteiger partial charge in [-0.1, -0.05) is 19.8 Å². The zero-order valence-electron chi connectivity index (χ0n) is 18.4. The predicted molar refractivity (Wildman–Crippen MR) is 127 cm³/mol. The van der Waals surface area contributed by atoms with Crippen molar-refractivity contribution >= 4 is 34.1 Å². The second-order valence-corrected chi connectivity index (χ2v) is 8.19. The van der Waals surface area contributed by atoms with Gasteiger partial charge in [-0.2, -0.15) is 0 Å². The first-order valence-electron chi connectivity index (χ1n) is 10.8. The number of anilines is 3. The van der Waals surface area contributed by atoms with Crippen molar-refractivity contribution in [2.75, 3.05) is 36.9 Å². The average molecular weight is 430 g/mol. The fourth-order valence-electron chi connectivity index (χ4n) is 3.54. The van der Waals surface area contributed by atoms with Crippen molar-refractivity contribution < 1.29 is 9.53 Å². The van der Waals surface area contributed by atoms with Gasteiger partial charge in [0.05, 0.1) is 18.7 Å². The van der Waals surface area contributed by atoms with Crippen LogP contribution in [0.2, 0.25) is 0 Å². The quantitative estimate of drug-likeness (QED) is 0.581. The van der Waals surface area contributed by atoms with Crippen LogP contribution in [-0.4, -0.2) is 47.1 Å². The van der Waals surface area contributed by atoms with Crippen molar-refractivity contribution in [3.05, 3.63) is 53.7 Å². The second kappa shape index (κ2) is 9.77. The molecule has 7 heteroatoms. The Morgan fingerprint density at radius 2 is 1.97 bits per heavy atom. The fraction of sp³-hybridized carbons (Fsp3) is 0.320. The molecule has 0 aliphatic carbocycles. The molecule has 0 saturated carbocycles. The molecule has 2 heterocycles. The molecule has 0 atom stereocenters. The molecular formula is C25H27N5O2. The number of hydrogen-bond acceptors (Lipinski definition) is 6. The summed E-state index contributed by atoms with van der Waals surface area (Å²) in [5, 5.41) is 7.18. The van der Waals surface area contributed by atoms with Crippen molar-refractivity contribution in [2.45, 2.75) is 20.4 Å². The summed E-state index contributed by atoms with van der Waals surface area (Å²) in [4.78, 5) is 23.7. The highest BCUT2D eigenvalue weighted by molar-refractivity contribution is 5.92. The molecule has 3 aromatic rings. The first kappa shape index (κ1) is 21.8. The van der Waals surface area contributed by atoms with Gasteiger partial charge in [0.1, 0.15) is 0 Å². The molecule has 7 nitrogen and oxygen atoms in total. The minimum atomic E-state index is -0.106. The second-order valence-electron chi connectivity index (χ2n) is 8.19. The Morgan fingerprint density at radius 1 is 1.19 bits per heavy atom. The number of carbonyl (C=O) groups is 1. The highest BCUT2D eigenvalue weighted by Gasteiger charge is 2.14. The number of rotatable bonds is 6. The van der Waals surface area contributed by atoms with Gasteiger partial charge in [-0.05, 0) is 42.0 Å². The number of nitrogens with one attached hydrogen (secondary N) is 2. The molecule has 1 fully saturated rings. The summed E-state index contributed by atoms with van der Waals surface area (Å²) < 4.78 is 5.45. The molecule has 1 amide bonds. The number of fused-ring (bicyclic) bond motifs is 1. The van der Waals surface area contributed by atoms with Crippen LogP contribution in [0, 0.1) is 18.3 Å². The van der Waals surface area contributed by atoms with E-state index in [1.54, 1.807) is 6.20 Å². The molecule has 1 saturated heterocycles. The normalized spacial score (nSPS) is 14.3. The molecule has 0 bridgehead atoms. The van der Waals surface area contributed by atoms with Gasteiger partial charge in [-0.25, -0.2) is 9.97 Å². The topological polar surface area (TPSA) is 79.4 Å². The van der Waals surface area contributed by atoms with Gasteiger partial charge in [-0.3, -0.25) is 9.69 Å². The molecule has 1 aliphatic rings. The van der Waals surface area contributed by atoms with E-state index in [2.05, 4.69) is 37.5 Å². The van der Waals surface area contributed by atoms with Crippen molar-refractivity contribution in [3.8, 4) is 12.3 Å². The summed E-state index contributed by atoms with van der Waals surface area (Å²) in [6, 6.07) is 11.6. The number of carbonyl (C=O) groups excluding carboxylic acids is 1. The van der Waals surface area contributed by atoms with E-state index in [0.29, 0.717) is 5.95 Å². The SMILES string of the molecule is C#Cc1ccc2nc(Nc3cc(CN4CCOCC4)cc(NC(=O)C(C)C)c3)ncc2c1. The molecule has 0 spiro atoms. The third-order valence-electron chi connectivity index (χ3n) is 5.30. The third kappa shape index (κ3) is 5.41. The van der Waals surface area contributed by atoms with Crippen LogP contribution in [0.3, 0.4) is 0 Å². The van der Waals surface area contributed by atoms with Gasteiger partial charge >= 0.3 is 0 Å². The number of hydrogen-bond donors (Lipinski definition) is 2. The third-order valence-corrected chi connectivity index (χ3v) is 5.30. The maximum absolute atomic E-state index is 12.3. The van der Waals surface area contributed by atoms with E-state index < -0.39 is 0 Å². The molecule has 2 N–H and O–H groups in total. The minimum Gasteiger partial charge on any atom is -0.379 e. The maximum atomic E-state index is 12.3. The van der Waals surface area contributed by atoms with Crippen LogP contribution < -0.4 is 10.6 Å². The lowest BCUT2D eigenvalue weighted by molar-refractivity contribution is -0.118. The first-order valence-corrected chi connectivity index (χ1v) is 10.8. The van der Waals surface area contributed by atoms with Gasteiger partial charge in [0.15, 0.2) is 0 Å². The number of ether oxygens (including phenoxy) is 1. The van der Waals surface area contributed by atoms with Gasteiger partial charge in [0.25, 0.3) is 0 Å². The lowest BCUT2D eigenvalue weighted by Crippen LogP contribution is -2.35. The van der Waals surface area contributed by atoms with Gasteiger partial charge in [0.2, 0.25) is 11.9 Å². The number of nitrogens with zero attached hydrogens (tertiary/aromatic N) is 3. The highest BCUT2D eigenvalue weighted by Crippen LogP contribution is 2.24. The zero-order chi connectivity index (χ0) is 22.5. The summed E-state index contributed by atoms with van der Waals surface area (Å²) in [6.07, 6.45) is 7.23. The van der Waals surface area contributed by atoms with Gasteiger partial charge in [-0.15, -0.1) is 6.42 Å².